The van der Waals surface area contributed by atoms with Crippen molar-refractivity contribution >= 4 is 10.0 Å². The quantitative estimate of drug-likeness (QED) is 0.720. The fraction of sp³-hybridized carbons (Fsp3) is 0.286. The van der Waals surface area contributed by atoms with Gasteiger partial charge in [0.05, 0.1) is 11.2 Å². The summed E-state index contributed by atoms with van der Waals surface area (Å²) < 4.78 is 30.9. The van der Waals surface area contributed by atoms with E-state index in [1.807, 2.05) is 75.7 Å². The molecule has 142 valence electrons. The highest BCUT2D eigenvalue weighted by Gasteiger charge is 2.24. The number of aromatic nitrogens is 2. The zero-order valence-electron chi connectivity index (χ0n) is 16.3. The van der Waals surface area contributed by atoms with E-state index in [2.05, 4.69) is 9.71 Å². The first-order chi connectivity index (χ1) is 12.7. The minimum atomic E-state index is -3.63. The molecule has 0 aliphatic carbocycles. The predicted octanol–water partition coefficient (Wildman–Crippen LogP) is 4.15. The molecule has 0 amide bonds. The van der Waals surface area contributed by atoms with Crippen LogP contribution in [0.5, 0.6) is 0 Å². The lowest BCUT2D eigenvalue weighted by atomic mass is 10.0. The third-order valence-electron chi connectivity index (χ3n) is 5.09. The Labute approximate surface area is 161 Å². The van der Waals surface area contributed by atoms with Gasteiger partial charge in [-0.3, -0.25) is 0 Å². The van der Waals surface area contributed by atoms with E-state index in [-0.39, 0.29) is 6.04 Å². The Bertz CT molecular complexity index is 1030. The molecule has 5 nitrogen and oxygen atoms in total. The molecule has 0 fully saturated rings. The molecule has 0 bridgehead atoms. The van der Waals surface area contributed by atoms with Gasteiger partial charge in [0.25, 0.3) is 0 Å². The average molecular weight is 384 g/mol. The van der Waals surface area contributed by atoms with Gasteiger partial charge in [0.2, 0.25) is 10.0 Å². The van der Waals surface area contributed by atoms with Crippen LogP contribution in [-0.2, 0) is 10.0 Å². The Morgan fingerprint density at radius 2 is 1.59 bits per heavy atom. The minimum Gasteiger partial charge on any atom is -0.306 e. The number of rotatable bonds is 5. The molecule has 0 radical (unpaired) electrons. The Balaban J connectivity index is 1.88. The molecule has 3 rings (SSSR count). The zero-order chi connectivity index (χ0) is 19.8. The molecule has 0 spiro atoms. The molecule has 0 aliphatic rings. The highest BCUT2D eigenvalue weighted by molar-refractivity contribution is 7.89. The van der Waals surface area contributed by atoms with Gasteiger partial charge >= 0.3 is 0 Å². The molecule has 0 saturated heterocycles. The van der Waals surface area contributed by atoms with Crippen molar-refractivity contribution in [3.8, 4) is 5.69 Å². The normalized spacial score (nSPS) is 12.9. The summed E-state index contributed by atoms with van der Waals surface area (Å²) in [6.45, 7) is 9.47. The summed E-state index contributed by atoms with van der Waals surface area (Å²) in [6, 6.07) is 9.46. The third-order valence-corrected chi connectivity index (χ3v) is 6.91. The Hall–Kier alpha value is -2.44. The van der Waals surface area contributed by atoms with Gasteiger partial charge in [-0.1, -0.05) is 18.2 Å². The average Bonchev–Trinajstić information content (AvgIpc) is 3.14. The molecule has 1 N–H and O–H groups in total. The van der Waals surface area contributed by atoms with Crippen molar-refractivity contribution in [3.05, 3.63) is 76.9 Å². The molecule has 0 aliphatic heterocycles. The van der Waals surface area contributed by atoms with E-state index in [0.29, 0.717) is 4.90 Å². The molecular formula is C21H25N3O2S. The van der Waals surface area contributed by atoms with Crippen LogP contribution in [0.4, 0.5) is 0 Å². The van der Waals surface area contributed by atoms with Crippen LogP contribution in [0, 0.1) is 27.7 Å². The van der Waals surface area contributed by atoms with Crippen LogP contribution in [-0.4, -0.2) is 18.0 Å². The Morgan fingerprint density at radius 3 is 2.11 bits per heavy atom. The number of nitrogens with zero attached hydrogens (tertiary/aromatic N) is 2. The molecule has 1 heterocycles. The van der Waals surface area contributed by atoms with E-state index in [0.717, 1.165) is 33.5 Å². The lowest BCUT2D eigenvalue weighted by molar-refractivity contribution is 0.565. The van der Waals surface area contributed by atoms with Crippen molar-refractivity contribution in [2.75, 3.05) is 0 Å². The number of aryl methyl sites for hydroxylation is 2. The first kappa shape index (κ1) is 19.3. The van der Waals surface area contributed by atoms with Crippen LogP contribution in [0.15, 0.2) is 53.9 Å². The molecule has 0 saturated carbocycles. The van der Waals surface area contributed by atoms with Gasteiger partial charge in [0.15, 0.2) is 0 Å². The molecule has 0 unspecified atom stereocenters. The van der Waals surface area contributed by atoms with Crippen molar-refractivity contribution in [1.82, 2.24) is 14.3 Å². The van der Waals surface area contributed by atoms with E-state index in [9.17, 15) is 8.42 Å². The lowest BCUT2D eigenvalue weighted by Crippen LogP contribution is -2.28. The second-order valence-corrected chi connectivity index (χ2v) is 8.64. The molecule has 1 aromatic heterocycles. The van der Waals surface area contributed by atoms with Crippen LogP contribution in [0.25, 0.3) is 5.69 Å². The van der Waals surface area contributed by atoms with Crippen molar-refractivity contribution in [2.45, 2.75) is 45.6 Å². The SMILES string of the molecule is Cc1cc(C)c(C)c(S(=O)(=O)N[C@@H](C)c2ccc(-n3ccnc3)cc2)c1C. The maximum absolute atomic E-state index is 13.1. The Kier molecular flexibility index (Phi) is 5.22. The first-order valence-corrected chi connectivity index (χ1v) is 10.4. The second kappa shape index (κ2) is 7.29. The van der Waals surface area contributed by atoms with Gasteiger partial charge < -0.3 is 4.57 Å². The number of imidazole rings is 1. The number of nitrogens with one attached hydrogen (secondary N) is 1. The van der Waals surface area contributed by atoms with E-state index < -0.39 is 10.0 Å². The van der Waals surface area contributed by atoms with Crippen LogP contribution >= 0.6 is 0 Å². The van der Waals surface area contributed by atoms with Crippen molar-refractivity contribution in [2.24, 2.45) is 0 Å². The predicted molar refractivity (Wildman–Crippen MR) is 108 cm³/mol. The number of hydrogen-bond acceptors (Lipinski definition) is 3. The van der Waals surface area contributed by atoms with E-state index in [1.54, 1.807) is 12.5 Å². The summed E-state index contributed by atoms with van der Waals surface area (Å²) in [6.07, 6.45) is 5.32. The fourth-order valence-electron chi connectivity index (χ4n) is 3.29. The molecule has 27 heavy (non-hydrogen) atoms. The van der Waals surface area contributed by atoms with Crippen LogP contribution in [0.1, 0.15) is 40.8 Å². The van der Waals surface area contributed by atoms with Crippen molar-refractivity contribution < 1.29 is 8.42 Å². The summed E-state index contributed by atoms with van der Waals surface area (Å²) in [5, 5.41) is 0. The summed E-state index contributed by atoms with van der Waals surface area (Å²) >= 11 is 0. The Morgan fingerprint density at radius 1 is 1.00 bits per heavy atom. The van der Waals surface area contributed by atoms with Crippen LogP contribution in [0.3, 0.4) is 0 Å². The molecule has 6 heteroatoms. The van der Waals surface area contributed by atoms with Crippen LogP contribution in [0.2, 0.25) is 0 Å². The van der Waals surface area contributed by atoms with Gasteiger partial charge in [-0.2, -0.15) is 0 Å². The van der Waals surface area contributed by atoms with E-state index in [4.69, 9.17) is 0 Å². The highest BCUT2D eigenvalue weighted by atomic mass is 32.2. The number of hydrogen-bond donors (Lipinski definition) is 1. The van der Waals surface area contributed by atoms with Gasteiger partial charge in [0.1, 0.15) is 0 Å². The highest BCUT2D eigenvalue weighted by Crippen LogP contribution is 2.27. The van der Waals surface area contributed by atoms with Crippen LogP contribution < -0.4 is 4.72 Å². The lowest BCUT2D eigenvalue weighted by Gasteiger charge is -2.20. The monoisotopic (exact) mass is 383 g/mol. The largest absolute Gasteiger partial charge is 0.306 e. The topological polar surface area (TPSA) is 64.0 Å². The number of sulfonamides is 1. The maximum Gasteiger partial charge on any atom is 0.241 e. The van der Waals surface area contributed by atoms with Crippen molar-refractivity contribution in [1.29, 1.82) is 0 Å². The maximum atomic E-state index is 13.1. The van der Waals surface area contributed by atoms with Gasteiger partial charge in [-0.15, -0.1) is 0 Å². The fourth-order valence-corrected chi connectivity index (χ4v) is 5.14. The third kappa shape index (κ3) is 3.82. The van der Waals surface area contributed by atoms with E-state index in [1.165, 1.54) is 0 Å². The summed E-state index contributed by atoms with van der Waals surface area (Å²) in [7, 11) is -3.63. The summed E-state index contributed by atoms with van der Waals surface area (Å²) in [5.41, 5.74) is 5.45. The van der Waals surface area contributed by atoms with Gasteiger partial charge in [-0.05, 0) is 74.6 Å². The first-order valence-electron chi connectivity index (χ1n) is 8.88. The molecule has 1 atom stereocenters. The van der Waals surface area contributed by atoms with E-state index >= 15 is 0 Å². The molecule has 2 aromatic carbocycles. The molecule has 3 aromatic rings. The second-order valence-electron chi connectivity index (χ2n) is 6.99. The van der Waals surface area contributed by atoms with Crippen molar-refractivity contribution in [3.63, 3.8) is 0 Å². The van der Waals surface area contributed by atoms with Gasteiger partial charge in [-0.25, -0.2) is 18.1 Å². The summed E-state index contributed by atoms with van der Waals surface area (Å²) in [4.78, 5) is 4.43. The standard InChI is InChI=1S/C21H25N3O2S/c1-14-12-15(2)17(4)21(16(14)3)27(25,26)23-18(5)19-6-8-20(9-7-19)24-11-10-22-13-24/h6-13,18,23H,1-5H3/t18-/m0/s1. The zero-order valence-corrected chi connectivity index (χ0v) is 17.1. The smallest absolute Gasteiger partial charge is 0.241 e. The number of benzene rings is 2. The minimum absolute atomic E-state index is 0.341. The summed E-state index contributed by atoms with van der Waals surface area (Å²) in [5.74, 6) is 0. The molecular weight excluding hydrogens is 358 g/mol. The van der Waals surface area contributed by atoms with Gasteiger partial charge in [0, 0.05) is 24.1 Å².